The van der Waals surface area contributed by atoms with Gasteiger partial charge in [0.2, 0.25) is 10.0 Å². The highest BCUT2D eigenvalue weighted by molar-refractivity contribution is 7.89. The molecule has 112 valence electrons. The van der Waals surface area contributed by atoms with Crippen LogP contribution in [-0.2, 0) is 15.4 Å². The molecule has 1 aromatic heterocycles. The molecule has 2 aromatic rings. The quantitative estimate of drug-likeness (QED) is 0.920. The number of benzene rings is 1. The third-order valence-electron chi connectivity index (χ3n) is 4.08. The molecular formula is C15H18N2O3S. The highest BCUT2D eigenvalue weighted by Gasteiger charge is 2.45. The van der Waals surface area contributed by atoms with Gasteiger partial charge < -0.3 is 4.52 Å². The van der Waals surface area contributed by atoms with Crippen molar-refractivity contribution in [1.82, 2.24) is 9.88 Å². The first-order valence-electron chi connectivity index (χ1n) is 6.93. The molecular weight excluding hydrogens is 288 g/mol. The summed E-state index contributed by atoms with van der Waals surface area (Å²) in [5.74, 6) is 0.324. The predicted octanol–water partition coefficient (Wildman–Crippen LogP) is 2.30. The summed E-state index contributed by atoms with van der Waals surface area (Å²) in [5.41, 5.74) is 1.52. The van der Waals surface area contributed by atoms with Crippen molar-refractivity contribution in [2.45, 2.75) is 37.0 Å². The van der Waals surface area contributed by atoms with Gasteiger partial charge >= 0.3 is 0 Å². The van der Waals surface area contributed by atoms with Crippen molar-refractivity contribution in [3.63, 3.8) is 0 Å². The van der Waals surface area contributed by atoms with E-state index in [0.29, 0.717) is 18.0 Å². The van der Waals surface area contributed by atoms with Crippen LogP contribution in [0.5, 0.6) is 0 Å². The molecule has 1 aliphatic carbocycles. The molecule has 0 aliphatic heterocycles. The van der Waals surface area contributed by atoms with Crippen LogP contribution >= 0.6 is 0 Å². The number of nitrogens with zero attached hydrogens (tertiary/aromatic N) is 1. The maximum Gasteiger partial charge on any atom is 0.245 e. The molecule has 0 unspecified atom stereocenters. The highest BCUT2D eigenvalue weighted by atomic mass is 32.2. The molecule has 0 radical (unpaired) electrons. The Hall–Kier alpha value is -1.66. The first-order chi connectivity index (χ1) is 9.95. The monoisotopic (exact) mass is 306 g/mol. The Kier molecular flexibility index (Phi) is 3.37. The number of rotatable bonds is 5. The number of nitrogens with one attached hydrogen (secondary N) is 1. The SMILES string of the molecule is Cc1noc(C)c1S(=O)(=O)NCC1(c2ccccc2)CC1. The molecule has 1 aromatic carbocycles. The summed E-state index contributed by atoms with van der Waals surface area (Å²) >= 11 is 0. The van der Waals surface area contributed by atoms with Gasteiger partial charge in [-0.25, -0.2) is 13.1 Å². The Morgan fingerprint density at radius 2 is 1.90 bits per heavy atom. The van der Waals surface area contributed by atoms with Gasteiger partial charge in [0.25, 0.3) is 0 Å². The van der Waals surface area contributed by atoms with Crippen LogP contribution in [0.4, 0.5) is 0 Å². The molecule has 0 bridgehead atoms. The minimum absolute atomic E-state index is 0.0622. The van der Waals surface area contributed by atoms with E-state index in [2.05, 4.69) is 22.0 Å². The summed E-state index contributed by atoms with van der Waals surface area (Å²) in [7, 11) is -3.59. The summed E-state index contributed by atoms with van der Waals surface area (Å²) < 4.78 is 32.5. The Morgan fingerprint density at radius 3 is 2.43 bits per heavy atom. The zero-order valence-electron chi connectivity index (χ0n) is 12.1. The molecule has 6 heteroatoms. The first kappa shape index (κ1) is 14.3. The van der Waals surface area contributed by atoms with Crippen molar-refractivity contribution < 1.29 is 12.9 Å². The van der Waals surface area contributed by atoms with Crippen LogP contribution in [-0.4, -0.2) is 20.1 Å². The minimum Gasteiger partial charge on any atom is -0.360 e. The second-order valence-corrected chi connectivity index (χ2v) is 7.33. The smallest absolute Gasteiger partial charge is 0.245 e. The maximum absolute atomic E-state index is 12.4. The van der Waals surface area contributed by atoms with E-state index in [0.717, 1.165) is 12.8 Å². The number of aryl methyl sites for hydroxylation is 2. The van der Waals surface area contributed by atoms with Crippen LogP contribution in [0.3, 0.4) is 0 Å². The number of sulfonamides is 1. The average molecular weight is 306 g/mol. The Morgan fingerprint density at radius 1 is 1.24 bits per heavy atom. The topological polar surface area (TPSA) is 72.2 Å². The van der Waals surface area contributed by atoms with E-state index in [1.165, 1.54) is 5.56 Å². The van der Waals surface area contributed by atoms with E-state index >= 15 is 0 Å². The largest absolute Gasteiger partial charge is 0.360 e. The van der Waals surface area contributed by atoms with Crippen molar-refractivity contribution in [1.29, 1.82) is 0 Å². The van der Waals surface area contributed by atoms with E-state index in [1.807, 2.05) is 18.2 Å². The fourth-order valence-electron chi connectivity index (χ4n) is 2.67. The highest BCUT2D eigenvalue weighted by Crippen LogP contribution is 2.47. The van der Waals surface area contributed by atoms with Gasteiger partial charge in [-0.3, -0.25) is 0 Å². The molecule has 0 saturated heterocycles. The zero-order chi connectivity index (χ0) is 15.1. The molecule has 0 amide bonds. The minimum atomic E-state index is -3.59. The fraction of sp³-hybridized carbons (Fsp3) is 0.400. The summed E-state index contributed by atoms with van der Waals surface area (Å²) in [5, 5.41) is 3.71. The Labute approximate surface area is 124 Å². The molecule has 0 atom stereocenters. The second-order valence-electron chi connectivity index (χ2n) is 5.62. The van der Waals surface area contributed by atoms with Crippen LogP contribution in [0, 0.1) is 13.8 Å². The maximum atomic E-state index is 12.4. The zero-order valence-corrected chi connectivity index (χ0v) is 12.9. The van der Waals surface area contributed by atoms with Gasteiger partial charge in [0.15, 0.2) is 5.76 Å². The van der Waals surface area contributed by atoms with Crippen LogP contribution in [0.25, 0.3) is 0 Å². The molecule has 1 saturated carbocycles. The lowest BCUT2D eigenvalue weighted by Crippen LogP contribution is -2.32. The molecule has 1 fully saturated rings. The molecule has 21 heavy (non-hydrogen) atoms. The van der Waals surface area contributed by atoms with Crippen molar-refractivity contribution in [3.8, 4) is 0 Å². The van der Waals surface area contributed by atoms with E-state index in [-0.39, 0.29) is 10.3 Å². The van der Waals surface area contributed by atoms with Gasteiger partial charge in [-0.05, 0) is 32.3 Å². The molecule has 3 rings (SSSR count). The second kappa shape index (κ2) is 4.96. The summed E-state index contributed by atoms with van der Waals surface area (Å²) in [4.78, 5) is 0.159. The van der Waals surface area contributed by atoms with Gasteiger partial charge in [-0.1, -0.05) is 35.5 Å². The van der Waals surface area contributed by atoms with Crippen molar-refractivity contribution in [3.05, 3.63) is 47.3 Å². The normalized spacial score (nSPS) is 16.9. The molecule has 1 N–H and O–H groups in total. The van der Waals surface area contributed by atoms with Crippen LogP contribution < -0.4 is 4.72 Å². The average Bonchev–Trinajstić information content (AvgIpc) is 3.18. The van der Waals surface area contributed by atoms with Gasteiger partial charge in [-0.15, -0.1) is 0 Å². The number of hydrogen-bond donors (Lipinski definition) is 1. The predicted molar refractivity (Wildman–Crippen MR) is 78.5 cm³/mol. The summed E-state index contributed by atoms with van der Waals surface area (Å²) in [6.07, 6.45) is 2.00. The van der Waals surface area contributed by atoms with Gasteiger partial charge in [0.1, 0.15) is 10.6 Å². The third kappa shape index (κ3) is 2.61. The van der Waals surface area contributed by atoms with Crippen LogP contribution in [0.2, 0.25) is 0 Å². The summed E-state index contributed by atoms with van der Waals surface area (Å²) in [6.45, 7) is 3.65. The van der Waals surface area contributed by atoms with Gasteiger partial charge in [0, 0.05) is 12.0 Å². The van der Waals surface area contributed by atoms with E-state index in [1.54, 1.807) is 13.8 Å². The standard InChI is InChI=1S/C15H18N2O3S/c1-11-14(12(2)20-17-11)21(18,19)16-10-15(8-9-15)13-6-4-3-5-7-13/h3-7,16H,8-10H2,1-2H3. The van der Waals surface area contributed by atoms with Crippen molar-refractivity contribution in [2.24, 2.45) is 0 Å². The number of hydrogen-bond acceptors (Lipinski definition) is 4. The van der Waals surface area contributed by atoms with Crippen LogP contribution in [0.1, 0.15) is 29.9 Å². The van der Waals surface area contributed by atoms with E-state index in [4.69, 9.17) is 4.52 Å². The first-order valence-corrected chi connectivity index (χ1v) is 8.41. The molecule has 0 spiro atoms. The summed E-state index contributed by atoms with van der Waals surface area (Å²) in [6, 6.07) is 10.0. The molecule has 5 nitrogen and oxygen atoms in total. The Bertz CT molecular complexity index is 727. The lowest BCUT2D eigenvalue weighted by atomic mass is 9.96. The molecule has 1 heterocycles. The number of aromatic nitrogens is 1. The van der Waals surface area contributed by atoms with Crippen molar-refractivity contribution >= 4 is 10.0 Å². The molecule has 1 aliphatic rings. The van der Waals surface area contributed by atoms with Gasteiger partial charge in [-0.2, -0.15) is 0 Å². The lowest BCUT2D eigenvalue weighted by Gasteiger charge is -2.16. The fourth-order valence-corrected chi connectivity index (χ4v) is 4.13. The third-order valence-corrected chi connectivity index (χ3v) is 5.72. The van der Waals surface area contributed by atoms with E-state index in [9.17, 15) is 8.42 Å². The van der Waals surface area contributed by atoms with Crippen LogP contribution in [0.15, 0.2) is 39.8 Å². The van der Waals surface area contributed by atoms with Crippen molar-refractivity contribution in [2.75, 3.05) is 6.54 Å². The lowest BCUT2D eigenvalue weighted by molar-refractivity contribution is 0.390. The van der Waals surface area contributed by atoms with E-state index < -0.39 is 10.0 Å². The Balaban J connectivity index is 1.79. The van der Waals surface area contributed by atoms with Gasteiger partial charge in [0.05, 0.1) is 0 Å².